The molecule has 0 saturated carbocycles. The normalized spacial score (nSPS) is 13.9. The molecule has 1 aliphatic heterocycles. The zero-order chi connectivity index (χ0) is 24.0. The number of likely N-dealkylation sites (N-methyl/N-ethyl adjacent to an activating group) is 1. The number of pyridine rings is 3. The second kappa shape index (κ2) is 10.6. The maximum Gasteiger partial charge on any atom is 0.227 e. The van der Waals surface area contributed by atoms with E-state index in [4.69, 9.17) is 9.72 Å². The Hall–Kier alpha value is -3.89. The third-order valence-electron chi connectivity index (χ3n) is 5.73. The average molecular weight is 472 g/mol. The summed E-state index contributed by atoms with van der Waals surface area (Å²) in [5.41, 5.74) is 2.92. The van der Waals surface area contributed by atoms with Crippen LogP contribution < -0.4 is 20.3 Å². The molecule has 0 amide bonds. The molecule has 2 N–H and O–H groups in total. The average Bonchev–Trinajstić information content (AvgIpc) is 2.89. The van der Waals surface area contributed by atoms with Crippen LogP contribution in [0.5, 0.6) is 5.75 Å². The van der Waals surface area contributed by atoms with Crippen LogP contribution in [0.2, 0.25) is 0 Å². The molecule has 0 atom stereocenters. The molecule has 180 valence electrons. The van der Waals surface area contributed by atoms with E-state index in [0.29, 0.717) is 29.5 Å². The van der Waals surface area contributed by atoms with Crippen LogP contribution in [-0.2, 0) is 0 Å². The smallest absolute Gasteiger partial charge is 0.227 e. The highest BCUT2D eigenvalue weighted by atomic mass is 16.5. The number of hydrogen-bond acceptors (Lipinski definition) is 10. The van der Waals surface area contributed by atoms with Gasteiger partial charge in [0.1, 0.15) is 29.4 Å². The highest BCUT2D eigenvalue weighted by molar-refractivity contribution is 5.90. The molecule has 1 fully saturated rings. The Kier molecular flexibility index (Phi) is 6.92. The van der Waals surface area contributed by atoms with Gasteiger partial charge in [0.15, 0.2) is 0 Å². The largest absolute Gasteiger partial charge is 0.492 e. The predicted octanol–water partition coefficient (Wildman–Crippen LogP) is 2.58. The third kappa shape index (κ3) is 5.61. The molecule has 0 bridgehead atoms. The van der Waals surface area contributed by atoms with E-state index in [2.05, 4.69) is 40.4 Å². The quantitative estimate of drug-likeness (QED) is 0.398. The Morgan fingerprint density at radius 1 is 1.00 bits per heavy atom. The third-order valence-corrected chi connectivity index (χ3v) is 5.73. The fraction of sp³-hybridized carbons (Fsp3) is 0.320. The van der Waals surface area contributed by atoms with Crippen molar-refractivity contribution in [1.82, 2.24) is 35.1 Å². The highest BCUT2D eigenvalue weighted by Crippen LogP contribution is 2.27. The van der Waals surface area contributed by atoms with Crippen molar-refractivity contribution in [1.29, 1.82) is 0 Å². The number of nitrogens with one attached hydrogen (secondary N) is 2. The van der Waals surface area contributed by atoms with Crippen molar-refractivity contribution in [2.75, 3.05) is 63.6 Å². The lowest BCUT2D eigenvalue weighted by molar-refractivity contribution is 0.261. The molecule has 10 nitrogen and oxygen atoms in total. The Bertz CT molecular complexity index is 1270. The molecule has 5 rings (SSSR count). The molecule has 0 spiro atoms. The summed E-state index contributed by atoms with van der Waals surface area (Å²) in [6, 6.07) is 9.66. The van der Waals surface area contributed by atoms with Gasteiger partial charge in [0.25, 0.3) is 0 Å². The van der Waals surface area contributed by atoms with Crippen LogP contribution in [0, 0.1) is 0 Å². The Labute approximate surface area is 204 Å². The molecule has 1 saturated heterocycles. The summed E-state index contributed by atoms with van der Waals surface area (Å²) in [5.74, 6) is 2.20. The van der Waals surface area contributed by atoms with Crippen molar-refractivity contribution in [2.45, 2.75) is 0 Å². The van der Waals surface area contributed by atoms with Crippen molar-refractivity contribution < 1.29 is 4.74 Å². The minimum absolute atomic E-state index is 0.474. The Balaban J connectivity index is 1.37. The predicted molar refractivity (Wildman–Crippen MR) is 137 cm³/mol. The topological polar surface area (TPSA) is 104 Å². The van der Waals surface area contributed by atoms with Gasteiger partial charge in [0.05, 0.1) is 17.6 Å². The fourth-order valence-corrected chi connectivity index (χ4v) is 3.85. The van der Waals surface area contributed by atoms with Gasteiger partial charge in [-0.2, -0.15) is 0 Å². The van der Waals surface area contributed by atoms with E-state index >= 15 is 0 Å². The molecule has 4 aromatic heterocycles. The van der Waals surface area contributed by atoms with Crippen LogP contribution in [0.1, 0.15) is 0 Å². The number of nitrogens with zero attached hydrogens (tertiary/aromatic N) is 7. The molecule has 35 heavy (non-hydrogen) atoms. The summed E-state index contributed by atoms with van der Waals surface area (Å²) < 4.78 is 5.88. The molecular formula is C25H29N9O. The van der Waals surface area contributed by atoms with E-state index in [-0.39, 0.29) is 0 Å². The van der Waals surface area contributed by atoms with Crippen molar-refractivity contribution in [3.63, 3.8) is 0 Å². The molecule has 5 heterocycles. The van der Waals surface area contributed by atoms with E-state index in [1.807, 2.05) is 50.6 Å². The van der Waals surface area contributed by atoms with E-state index in [9.17, 15) is 0 Å². The number of hydrogen-bond donors (Lipinski definition) is 2. The lowest BCUT2D eigenvalue weighted by atomic mass is 10.2. The summed E-state index contributed by atoms with van der Waals surface area (Å²) in [4.78, 5) is 27.3. The van der Waals surface area contributed by atoms with Crippen LogP contribution in [0.15, 0.2) is 55.1 Å². The molecule has 0 radical (unpaired) electrons. The fourth-order valence-electron chi connectivity index (χ4n) is 3.85. The molecule has 0 aromatic carbocycles. The van der Waals surface area contributed by atoms with E-state index in [0.717, 1.165) is 55.4 Å². The summed E-state index contributed by atoms with van der Waals surface area (Å²) in [6.07, 6.45) is 7.07. The SMILES string of the molecule is CN(C)CCOc1ccnc(-c2nccc3cnc(Nc4ccc(N5CCNCC5)nc4)nc23)c1. The molecular weight excluding hydrogens is 442 g/mol. The van der Waals surface area contributed by atoms with Gasteiger partial charge < -0.3 is 25.2 Å². The van der Waals surface area contributed by atoms with Gasteiger partial charge in [0, 0.05) is 62.8 Å². The first kappa shape index (κ1) is 22.9. The van der Waals surface area contributed by atoms with Gasteiger partial charge in [-0.3, -0.25) is 9.97 Å². The number of ether oxygens (including phenoxy) is 1. The number of anilines is 3. The van der Waals surface area contributed by atoms with Crippen molar-refractivity contribution in [3.05, 3.63) is 55.1 Å². The van der Waals surface area contributed by atoms with Gasteiger partial charge in [0.2, 0.25) is 5.95 Å². The maximum atomic E-state index is 5.88. The monoisotopic (exact) mass is 471 g/mol. The second-order valence-electron chi connectivity index (χ2n) is 8.59. The highest BCUT2D eigenvalue weighted by Gasteiger charge is 2.13. The molecule has 4 aromatic rings. The van der Waals surface area contributed by atoms with E-state index < -0.39 is 0 Å². The van der Waals surface area contributed by atoms with Crippen LogP contribution in [0.25, 0.3) is 22.3 Å². The molecule has 0 unspecified atom stereocenters. The molecule has 10 heteroatoms. The zero-order valence-electron chi connectivity index (χ0n) is 20.0. The van der Waals surface area contributed by atoms with Gasteiger partial charge in [-0.15, -0.1) is 0 Å². The van der Waals surface area contributed by atoms with E-state index in [1.54, 1.807) is 18.6 Å². The van der Waals surface area contributed by atoms with Crippen molar-refractivity contribution >= 4 is 28.4 Å². The number of aromatic nitrogens is 5. The lowest BCUT2D eigenvalue weighted by Crippen LogP contribution is -2.43. The Morgan fingerprint density at radius 3 is 2.66 bits per heavy atom. The van der Waals surface area contributed by atoms with Crippen molar-refractivity contribution in [3.8, 4) is 17.1 Å². The zero-order valence-corrected chi connectivity index (χ0v) is 20.0. The van der Waals surface area contributed by atoms with Crippen LogP contribution in [0.3, 0.4) is 0 Å². The van der Waals surface area contributed by atoms with Gasteiger partial charge in [-0.25, -0.2) is 15.0 Å². The molecule has 0 aliphatic carbocycles. The van der Waals surface area contributed by atoms with Crippen molar-refractivity contribution in [2.24, 2.45) is 0 Å². The Morgan fingerprint density at radius 2 is 1.86 bits per heavy atom. The van der Waals surface area contributed by atoms with Crippen LogP contribution >= 0.6 is 0 Å². The number of rotatable bonds is 8. The van der Waals surface area contributed by atoms with Crippen LogP contribution in [0.4, 0.5) is 17.5 Å². The minimum atomic E-state index is 0.474. The van der Waals surface area contributed by atoms with Crippen LogP contribution in [-0.4, -0.2) is 83.2 Å². The maximum absolute atomic E-state index is 5.88. The first-order chi connectivity index (χ1) is 17.2. The van der Waals surface area contributed by atoms with Gasteiger partial charge in [-0.05, 0) is 38.4 Å². The second-order valence-corrected chi connectivity index (χ2v) is 8.59. The summed E-state index contributed by atoms with van der Waals surface area (Å²) in [7, 11) is 4.03. The first-order valence-corrected chi connectivity index (χ1v) is 11.7. The number of fused-ring (bicyclic) bond motifs is 1. The summed E-state index contributed by atoms with van der Waals surface area (Å²) >= 11 is 0. The number of piperazine rings is 1. The van der Waals surface area contributed by atoms with E-state index in [1.165, 1.54) is 0 Å². The minimum Gasteiger partial charge on any atom is -0.492 e. The molecule has 1 aliphatic rings. The standard InChI is InChI=1S/C25H29N9O/c1-33(2)13-14-35-20-6-8-27-21(15-20)24-23-18(5-7-28-24)16-30-25(32-23)31-19-3-4-22(29-17-19)34-11-9-26-10-12-34/h3-8,15-17,26H,9-14H2,1-2H3,(H,30,31,32). The summed E-state index contributed by atoms with van der Waals surface area (Å²) in [6.45, 7) is 5.29. The lowest BCUT2D eigenvalue weighted by Gasteiger charge is -2.28. The van der Waals surface area contributed by atoms with Gasteiger partial charge in [-0.1, -0.05) is 0 Å². The summed E-state index contributed by atoms with van der Waals surface area (Å²) in [5, 5.41) is 7.50. The van der Waals surface area contributed by atoms with Gasteiger partial charge >= 0.3 is 0 Å². The first-order valence-electron chi connectivity index (χ1n) is 11.7.